The van der Waals surface area contributed by atoms with E-state index in [-0.39, 0.29) is 17.5 Å². The summed E-state index contributed by atoms with van der Waals surface area (Å²) < 4.78 is 27.2. The van der Waals surface area contributed by atoms with E-state index in [4.69, 9.17) is 11.6 Å². The number of alkyl halides is 2. The molecule has 1 saturated heterocycles. The Labute approximate surface area is 103 Å². The van der Waals surface area contributed by atoms with Gasteiger partial charge in [0.15, 0.2) is 11.0 Å². The minimum atomic E-state index is -2.53. The number of halogens is 3. The van der Waals surface area contributed by atoms with E-state index >= 15 is 0 Å². The van der Waals surface area contributed by atoms with Crippen molar-refractivity contribution in [3.05, 3.63) is 17.5 Å². The highest BCUT2D eigenvalue weighted by atomic mass is 35.5. The minimum Gasteiger partial charge on any atom is -0.353 e. The van der Waals surface area contributed by atoms with Crippen LogP contribution in [0.1, 0.15) is 12.8 Å². The lowest BCUT2D eigenvalue weighted by Crippen LogP contribution is -2.29. The maximum atomic E-state index is 13.6. The Bertz CT molecular complexity index is 440. The van der Waals surface area contributed by atoms with Crippen LogP contribution in [0.5, 0.6) is 0 Å². The van der Waals surface area contributed by atoms with Gasteiger partial charge in [0.2, 0.25) is 0 Å². The first kappa shape index (κ1) is 11.1. The summed E-state index contributed by atoms with van der Waals surface area (Å²) in [4.78, 5) is 9.88. The molecular formula is C11H12ClF2N3. The molecule has 1 aromatic rings. The number of nitrogens with zero attached hydrogens (tertiary/aromatic N) is 3. The Balaban J connectivity index is 1.84. The number of anilines is 1. The smallest absolute Gasteiger partial charge is 0.252 e. The zero-order chi connectivity index (χ0) is 12.0. The summed E-state index contributed by atoms with van der Waals surface area (Å²) in [6.45, 7) is 0.939. The van der Waals surface area contributed by atoms with Gasteiger partial charge in [0, 0.05) is 37.8 Å². The molecule has 3 rings (SSSR count). The highest BCUT2D eigenvalue weighted by Gasteiger charge is 2.54. The van der Waals surface area contributed by atoms with E-state index in [0.29, 0.717) is 25.3 Å². The van der Waals surface area contributed by atoms with Crippen molar-refractivity contribution in [1.82, 2.24) is 9.97 Å². The molecule has 0 amide bonds. The molecule has 0 radical (unpaired) electrons. The second-order valence-corrected chi connectivity index (χ2v) is 5.10. The van der Waals surface area contributed by atoms with Gasteiger partial charge in [0.1, 0.15) is 0 Å². The molecule has 2 heterocycles. The van der Waals surface area contributed by atoms with Gasteiger partial charge in [-0.25, -0.2) is 18.7 Å². The van der Waals surface area contributed by atoms with Crippen molar-refractivity contribution in [1.29, 1.82) is 0 Å². The number of fused-ring (bicyclic) bond motifs is 1. The third-order valence-electron chi connectivity index (χ3n) is 3.77. The fraction of sp³-hybridized carbons (Fsp3) is 0.636. The molecule has 1 aromatic heterocycles. The van der Waals surface area contributed by atoms with Gasteiger partial charge < -0.3 is 4.90 Å². The van der Waals surface area contributed by atoms with Crippen molar-refractivity contribution in [2.45, 2.75) is 18.8 Å². The molecule has 0 unspecified atom stereocenters. The largest absolute Gasteiger partial charge is 0.353 e. The van der Waals surface area contributed by atoms with E-state index in [1.807, 2.05) is 4.90 Å². The average molecular weight is 260 g/mol. The summed E-state index contributed by atoms with van der Waals surface area (Å²) in [5, 5.41) is 0.288. The van der Waals surface area contributed by atoms with Gasteiger partial charge in [-0.15, -0.1) is 0 Å². The van der Waals surface area contributed by atoms with Crippen LogP contribution in [-0.4, -0.2) is 29.0 Å². The van der Waals surface area contributed by atoms with Crippen LogP contribution in [0.3, 0.4) is 0 Å². The molecule has 17 heavy (non-hydrogen) atoms. The van der Waals surface area contributed by atoms with Gasteiger partial charge in [0.05, 0.1) is 0 Å². The number of aromatic nitrogens is 2. The van der Waals surface area contributed by atoms with E-state index in [2.05, 4.69) is 9.97 Å². The molecule has 2 aliphatic rings. The monoisotopic (exact) mass is 259 g/mol. The summed E-state index contributed by atoms with van der Waals surface area (Å²) in [6.07, 6.45) is 3.64. The third kappa shape index (κ3) is 1.76. The standard InChI is InChI=1S/C11H12ClF2N3/c12-9-10(16-4-3-15-9)17-5-7-1-2-11(13,14)8(7)6-17/h3-4,7-8H,1-2,5-6H2/t7-,8+/m0/s1. The van der Waals surface area contributed by atoms with Crippen LogP contribution in [0.4, 0.5) is 14.6 Å². The Morgan fingerprint density at radius 2 is 2.06 bits per heavy atom. The van der Waals surface area contributed by atoms with Crippen molar-refractivity contribution in [3.8, 4) is 0 Å². The molecule has 0 N–H and O–H groups in total. The van der Waals surface area contributed by atoms with Crippen LogP contribution in [0.25, 0.3) is 0 Å². The number of rotatable bonds is 1. The Hall–Kier alpha value is -0.970. The van der Waals surface area contributed by atoms with Crippen LogP contribution in [0.15, 0.2) is 12.4 Å². The van der Waals surface area contributed by atoms with E-state index < -0.39 is 11.8 Å². The van der Waals surface area contributed by atoms with Gasteiger partial charge in [0.25, 0.3) is 5.92 Å². The molecule has 1 aliphatic heterocycles. The van der Waals surface area contributed by atoms with Crippen molar-refractivity contribution >= 4 is 17.4 Å². The second kappa shape index (κ2) is 3.77. The minimum absolute atomic E-state index is 0.0182. The van der Waals surface area contributed by atoms with Crippen molar-refractivity contribution in [2.75, 3.05) is 18.0 Å². The fourth-order valence-corrected chi connectivity index (χ4v) is 3.13. The van der Waals surface area contributed by atoms with Crippen LogP contribution in [0, 0.1) is 11.8 Å². The Morgan fingerprint density at radius 1 is 1.29 bits per heavy atom. The van der Waals surface area contributed by atoms with Crippen LogP contribution < -0.4 is 4.90 Å². The van der Waals surface area contributed by atoms with E-state index in [1.165, 1.54) is 12.4 Å². The lowest BCUT2D eigenvalue weighted by atomic mass is 9.99. The summed E-state index contributed by atoms with van der Waals surface area (Å²) in [7, 11) is 0. The van der Waals surface area contributed by atoms with Gasteiger partial charge in [-0.05, 0) is 12.3 Å². The lowest BCUT2D eigenvalue weighted by Gasteiger charge is -2.21. The third-order valence-corrected chi connectivity index (χ3v) is 4.03. The van der Waals surface area contributed by atoms with Gasteiger partial charge >= 0.3 is 0 Å². The van der Waals surface area contributed by atoms with Crippen LogP contribution in [0.2, 0.25) is 5.15 Å². The van der Waals surface area contributed by atoms with Crippen LogP contribution >= 0.6 is 11.6 Å². The molecule has 0 spiro atoms. The maximum Gasteiger partial charge on any atom is 0.252 e. The van der Waals surface area contributed by atoms with Gasteiger partial charge in [-0.1, -0.05) is 11.6 Å². The fourth-order valence-electron chi connectivity index (χ4n) is 2.90. The maximum absolute atomic E-state index is 13.6. The first-order valence-electron chi connectivity index (χ1n) is 5.67. The van der Waals surface area contributed by atoms with Gasteiger partial charge in [-0.2, -0.15) is 0 Å². The predicted molar refractivity (Wildman–Crippen MR) is 60.4 cm³/mol. The first-order chi connectivity index (χ1) is 8.08. The number of hydrogen-bond acceptors (Lipinski definition) is 3. The second-order valence-electron chi connectivity index (χ2n) is 4.74. The van der Waals surface area contributed by atoms with Crippen molar-refractivity contribution in [3.63, 3.8) is 0 Å². The predicted octanol–water partition coefficient (Wildman–Crippen LogP) is 2.61. The number of hydrogen-bond donors (Lipinski definition) is 0. The van der Waals surface area contributed by atoms with Crippen molar-refractivity contribution in [2.24, 2.45) is 11.8 Å². The lowest BCUT2D eigenvalue weighted by molar-refractivity contribution is -0.0351. The molecular weight excluding hydrogens is 248 g/mol. The summed E-state index contributed by atoms with van der Waals surface area (Å²) in [5.74, 6) is -2.50. The summed E-state index contributed by atoms with van der Waals surface area (Å²) in [5.41, 5.74) is 0. The molecule has 0 aromatic carbocycles. The highest BCUT2D eigenvalue weighted by molar-refractivity contribution is 6.31. The Kier molecular flexibility index (Phi) is 2.47. The topological polar surface area (TPSA) is 29.0 Å². The molecule has 1 aliphatic carbocycles. The van der Waals surface area contributed by atoms with Gasteiger partial charge in [-0.3, -0.25) is 0 Å². The normalized spacial score (nSPS) is 30.6. The molecule has 92 valence electrons. The molecule has 6 heteroatoms. The molecule has 2 fully saturated rings. The Morgan fingerprint density at radius 3 is 2.76 bits per heavy atom. The zero-order valence-corrected chi connectivity index (χ0v) is 9.87. The van der Waals surface area contributed by atoms with E-state index in [9.17, 15) is 8.78 Å². The summed E-state index contributed by atoms with van der Waals surface area (Å²) in [6, 6.07) is 0. The molecule has 0 bridgehead atoms. The highest BCUT2D eigenvalue weighted by Crippen LogP contribution is 2.49. The average Bonchev–Trinajstić information content (AvgIpc) is 2.81. The first-order valence-corrected chi connectivity index (χ1v) is 6.05. The van der Waals surface area contributed by atoms with Crippen molar-refractivity contribution < 1.29 is 8.78 Å². The van der Waals surface area contributed by atoms with E-state index in [0.717, 1.165) is 0 Å². The summed E-state index contributed by atoms with van der Waals surface area (Å²) >= 11 is 5.93. The van der Waals surface area contributed by atoms with Crippen LogP contribution in [-0.2, 0) is 0 Å². The molecule has 2 atom stereocenters. The van der Waals surface area contributed by atoms with E-state index in [1.54, 1.807) is 0 Å². The molecule has 1 saturated carbocycles. The zero-order valence-electron chi connectivity index (χ0n) is 9.11. The SMILES string of the molecule is FC1(F)CC[C@H]2CN(c3nccnc3Cl)C[C@H]21. The quantitative estimate of drug-likeness (QED) is 0.776. The molecule has 3 nitrogen and oxygen atoms in total.